The van der Waals surface area contributed by atoms with E-state index in [1.165, 1.54) is 11.3 Å². The topological polar surface area (TPSA) is 54.4 Å². The van der Waals surface area contributed by atoms with Crippen molar-refractivity contribution in [2.24, 2.45) is 0 Å². The highest BCUT2D eigenvalue weighted by Gasteiger charge is 2.32. The Labute approximate surface area is 97.2 Å². The smallest absolute Gasteiger partial charge is 0.184 e. The highest BCUT2D eigenvalue weighted by atomic mass is 35.5. The van der Waals surface area contributed by atoms with Gasteiger partial charge in [0, 0.05) is 18.6 Å². The van der Waals surface area contributed by atoms with E-state index in [4.69, 9.17) is 16.3 Å². The Kier molecular flexibility index (Phi) is 3.45. The molecule has 0 aromatic carbocycles. The normalized spacial score (nSPS) is 20.1. The van der Waals surface area contributed by atoms with E-state index >= 15 is 0 Å². The van der Waals surface area contributed by atoms with Gasteiger partial charge in [0.05, 0.1) is 12.1 Å². The van der Waals surface area contributed by atoms with E-state index in [-0.39, 0.29) is 12.1 Å². The number of hydrogen-bond donors (Lipinski definition) is 2. The molecule has 0 spiro atoms. The van der Waals surface area contributed by atoms with E-state index in [2.05, 4.69) is 10.3 Å². The van der Waals surface area contributed by atoms with Crippen molar-refractivity contribution >= 4 is 28.1 Å². The summed E-state index contributed by atoms with van der Waals surface area (Å²) in [7, 11) is 0. The second-order valence-electron chi connectivity index (χ2n) is 3.65. The van der Waals surface area contributed by atoms with Crippen molar-refractivity contribution in [1.82, 2.24) is 4.98 Å². The number of aliphatic hydroxyl groups excluding tert-OH is 1. The molecule has 0 aliphatic carbocycles. The van der Waals surface area contributed by atoms with E-state index in [0.717, 1.165) is 18.0 Å². The Balaban J connectivity index is 2.06. The molecule has 6 heteroatoms. The lowest BCUT2D eigenvalue weighted by molar-refractivity contribution is 0.0380. The molecule has 1 aromatic rings. The molecule has 0 amide bonds. The first-order chi connectivity index (χ1) is 7.24. The van der Waals surface area contributed by atoms with E-state index in [9.17, 15) is 5.11 Å². The van der Waals surface area contributed by atoms with Crippen LogP contribution in [0.25, 0.3) is 0 Å². The maximum Gasteiger partial charge on any atom is 0.184 e. The van der Waals surface area contributed by atoms with Crippen LogP contribution < -0.4 is 5.32 Å². The van der Waals surface area contributed by atoms with Gasteiger partial charge in [-0.3, -0.25) is 0 Å². The maximum absolute atomic E-state index is 9.44. The van der Waals surface area contributed by atoms with Gasteiger partial charge in [-0.25, -0.2) is 4.98 Å². The van der Waals surface area contributed by atoms with E-state index in [0.29, 0.717) is 18.4 Å². The van der Waals surface area contributed by atoms with Gasteiger partial charge in [-0.2, -0.15) is 0 Å². The first-order valence-electron chi connectivity index (χ1n) is 4.82. The number of nitrogens with one attached hydrogen (secondary N) is 1. The predicted octanol–water partition coefficient (Wildman–Crippen LogP) is 1.75. The van der Waals surface area contributed by atoms with Gasteiger partial charge >= 0.3 is 0 Å². The number of hydrogen-bond acceptors (Lipinski definition) is 5. The fourth-order valence-corrected chi connectivity index (χ4v) is 2.58. The molecule has 0 unspecified atom stereocenters. The minimum atomic E-state index is -0.292. The molecule has 1 saturated heterocycles. The third-order valence-corrected chi connectivity index (χ3v) is 3.68. The first-order valence-corrected chi connectivity index (χ1v) is 6.08. The minimum absolute atomic E-state index is 0.0908. The lowest BCUT2D eigenvalue weighted by atomic mass is 9.91. The summed E-state index contributed by atoms with van der Waals surface area (Å²) in [4.78, 5) is 4.12. The zero-order valence-corrected chi connectivity index (χ0v) is 9.77. The summed E-state index contributed by atoms with van der Waals surface area (Å²) in [5.74, 6) is 0. The number of aliphatic hydroxyl groups is 1. The zero-order chi connectivity index (χ0) is 10.7. The second kappa shape index (κ2) is 4.65. The number of aromatic nitrogens is 1. The van der Waals surface area contributed by atoms with Crippen LogP contribution in [-0.2, 0) is 4.74 Å². The minimum Gasteiger partial charge on any atom is -0.394 e. The Hall–Kier alpha value is -0.360. The van der Waals surface area contributed by atoms with E-state index in [1.807, 2.05) is 0 Å². The fraction of sp³-hybridized carbons (Fsp3) is 0.667. The molecule has 1 fully saturated rings. The summed E-state index contributed by atoms with van der Waals surface area (Å²) in [6.07, 6.45) is 1.58. The number of thiazole rings is 1. The van der Waals surface area contributed by atoms with Crippen LogP contribution in [0.4, 0.5) is 5.13 Å². The highest BCUT2D eigenvalue weighted by Crippen LogP contribution is 2.28. The molecule has 1 aromatic heterocycles. The number of rotatable bonds is 3. The Morgan fingerprint density at radius 1 is 1.60 bits per heavy atom. The van der Waals surface area contributed by atoms with Crippen LogP contribution in [0.5, 0.6) is 0 Å². The summed E-state index contributed by atoms with van der Waals surface area (Å²) in [5.41, 5.74) is -0.292. The molecular weight excluding hydrogens is 236 g/mol. The van der Waals surface area contributed by atoms with Crippen molar-refractivity contribution in [2.75, 3.05) is 25.1 Å². The molecule has 84 valence electrons. The molecule has 2 heterocycles. The molecule has 0 atom stereocenters. The maximum atomic E-state index is 9.44. The Morgan fingerprint density at radius 3 is 2.87 bits per heavy atom. The second-order valence-corrected chi connectivity index (χ2v) is 4.90. The molecule has 1 aliphatic rings. The van der Waals surface area contributed by atoms with Crippen LogP contribution >= 0.6 is 22.9 Å². The largest absolute Gasteiger partial charge is 0.394 e. The van der Waals surface area contributed by atoms with Crippen molar-refractivity contribution in [3.63, 3.8) is 0 Å². The molecule has 0 saturated carbocycles. The van der Waals surface area contributed by atoms with Crippen molar-refractivity contribution in [3.8, 4) is 0 Å². The molecule has 0 radical (unpaired) electrons. The third kappa shape index (κ3) is 2.60. The average Bonchev–Trinajstić information content (AvgIpc) is 2.65. The highest BCUT2D eigenvalue weighted by molar-refractivity contribution is 7.14. The summed E-state index contributed by atoms with van der Waals surface area (Å²) in [6.45, 7) is 1.44. The molecule has 15 heavy (non-hydrogen) atoms. The molecule has 1 aliphatic heterocycles. The fourth-order valence-electron chi connectivity index (χ4n) is 1.62. The number of nitrogens with zero attached hydrogens (tertiary/aromatic N) is 1. The monoisotopic (exact) mass is 248 g/mol. The van der Waals surface area contributed by atoms with Crippen molar-refractivity contribution in [1.29, 1.82) is 0 Å². The number of halogens is 1. The molecule has 2 N–H and O–H groups in total. The standard InChI is InChI=1S/C9H13ClN2O2S/c10-7-5-15-8(11-7)12-9(6-13)1-3-14-4-2-9/h5,13H,1-4,6H2,(H,11,12). The third-order valence-electron chi connectivity index (χ3n) is 2.60. The summed E-state index contributed by atoms with van der Waals surface area (Å²) < 4.78 is 5.28. The molecule has 0 bridgehead atoms. The van der Waals surface area contributed by atoms with E-state index < -0.39 is 0 Å². The lowest BCUT2D eigenvalue weighted by Crippen LogP contribution is -2.46. The van der Waals surface area contributed by atoms with Gasteiger partial charge in [-0.15, -0.1) is 11.3 Å². The van der Waals surface area contributed by atoms with Gasteiger partial charge in [0.15, 0.2) is 5.13 Å². The number of ether oxygens (including phenoxy) is 1. The van der Waals surface area contributed by atoms with Gasteiger partial charge < -0.3 is 15.2 Å². The summed E-state index contributed by atoms with van der Waals surface area (Å²) >= 11 is 7.19. The van der Waals surface area contributed by atoms with Crippen molar-refractivity contribution in [3.05, 3.63) is 10.5 Å². The molecule has 2 rings (SSSR count). The van der Waals surface area contributed by atoms with Crippen LogP contribution in [0.2, 0.25) is 5.15 Å². The Morgan fingerprint density at radius 2 is 2.33 bits per heavy atom. The SMILES string of the molecule is OCC1(Nc2nc(Cl)cs2)CCOCC1. The summed E-state index contributed by atoms with van der Waals surface area (Å²) in [5, 5.41) is 15.7. The zero-order valence-electron chi connectivity index (χ0n) is 8.20. The van der Waals surface area contributed by atoms with Gasteiger partial charge in [0.2, 0.25) is 0 Å². The van der Waals surface area contributed by atoms with Crippen molar-refractivity contribution in [2.45, 2.75) is 18.4 Å². The van der Waals surface area contributed by atoms with Crippen LogP contribution in [0.3, 0.4) is 0 Å². The van der Waals surface area contributed by atoms with Gasteiger partial charge in [0.25, 0.3) is 0 Å². The van der Waals surface area contributed by atoms with Crippen LogP contribution in [0, 0.1) is 0 Å². The van der Waals surface area contributed by atoms with Gasteiger partial charge in [-0.1, -0.05) is 11.6 Å². The first kappa shape index (κ1) is 11.1. The van der Waals surface area contributed by atoms with Crippen LogP contribution in [0.15, 0.2) is 5.38 Å². The summed E-state index contributed by atoms with van der Waals surface area (Å²) in [6, 6.07) is 0. The number of anilines is 1. The lowest BCUT2D eigenvalue weighted by Gasteiger charge is -2.36. The van der Waals surface area contributed by atoms with Crippen LogP contribution in [0.1, 0.15) is 12.8 Å². The Bertz CT molecular complexity index is 326. The molecular formula is C9H13ClN2O2S. The predicted molar refractivity (Wildman–Crippen MR) is 60.6 cm³/mol. The van der Waals surface area contributed by atoms with E-state index in [1.54, 1.807) is 5.38 Å². The van der Waals surface area contributed by atoms with Gasteiger partial charge in [-0.05, 0) is 12.8 Å². The molecule has 4 nitrogen and oxygen atoms in total. The average molecular weight is 249 g/mol. The quantitative estimate of drug-likeness (QED) is 0.856. The van der Waals surface area contributed by atoms with Crippen molar-refractivity contribution < 1.29 is 9.84 Å². The van der Waals surface area contributed by atoms with Gasteiger partial charge in [0.1, 0.15) is 5.15 Å². The van der Waals surface area contributed by atoms with Crippen LogP contribution in [-0.4, -0.2) is 35.5 Å².